The van der Waals surface area contributed by atoms with Crippen molar-refractivity contribution >= 4 is 44.6 Å². The first-order chi connectivity index (χ1) is 9.52. The molecule has 0 radical (unpaired) electrons. The van der Waals surface area contributed by atoms with E-state index in [2.05, 4.69) is 26.2 Å². The van der Waals surface area contributed by atoms with Gasteiger partial charge in [0.15, 0.2) is 0 Å². The average Bonchev–Trinajstić information content (AvgIpc) is 2.68. The van der Waals surface area contributed by atoms with Gasteiger partial charge >= 0.3 is 6.03 Å². The van der Waals surface area contributed by atoms with E-state index >= 15 is 0 Å². The van der Waals surface area contributed by atoms with Crippen molar-refractivity contribution in [1.82, 2.24) is 14.9 Å². The molecule has 0 atom stereocenters. The van der Waals surface area contributed by atoms with E-state index in [9.17, 15) is 9.18 Å². The van der Waals surface area contributed by atoms with Crippen LogP contribution < -0.4 is 11.1 Å². The van der Waals surface area contributed by atoms with Crippen molar-refractivity contribution in [1.29, 1.82) is 0 Å². The number of hydrogen-bond acceptors (Lipinski definition) is 2. The van der Waals surface area contributed by atoms with Gasteiger partial charge in [-0.05, 0) is 22.0 Å². The zero-order valence-corrected chi connectivity index (χ0v) is 12.8. The maximum atomic E-state index is 13.5. The Balaban J connectivity index is 2.39. The number of primary amides is 1. The first-order valence-corrected chi connectivity index (χ1v) is 7.29. The van der Waals surface area contributed by atoms with Crippen LogP contribution in [0.2, 0.25) is 0 Å². The van der Waals surface area contributed by atoms with Crippen molar-refractivity contribution in [2.45, 2.75) is 13.0 Å². The smallest absolute Gasteiger partial charge is 0.312 e. The third-order valence-electron chi connectivity index (χ3n) is 2.82. The minimum atomic E-state index is -0.583. The molecule has 20 heavy (non-hydrogen) atoms. The Bertz CT molecular complexity index is 646. The molecule has 0 bridgehead atoms. The number of carbonyl (C=O) groups excluding carboxylic acids is 1. The van der Waals surface area contributed by atoms with Crippen LogP contribution in [0.15, 0.2) is 16.6 Å². The predicted octanol–water partition coefficient (Wildman–Crippen LogP) is 2.39. The molecule has 1 aromatic carbocycles. The van der Waals surface area contributed by atoms with Crippen LogP contribution in [0.4, 0.5) is 9.18 Å². The summed E-state index contributed by atoms with van der Waals surface area (Å²) in [6.45, 7) is 0.856. The van der Waals surface area contributed by atoms with Gasteiger partial charge in [0, 0.05) is 31.5 Å². The highest BCUT2D eigenvalue weighted by molar-refractivity contribution is 9.10. The van der Waals surface area contributed by atoms with E-state index in [-0.39, 0.29) is 5.82 Å². The zero-order valence-electron chi connectivity index (χ0n) is 10.5. The topological polar surface area (TPSA) is 72.9 Å². The highest BCUT2D eigenvalue weighted by Gasteiger charge is 2.13. The SMILES string of the molecule is NC(=O)NCCn1c(CCCl)nc2cc(F)c(Br)cc21. The quantitative estimate of drug-likeness (QED) is 0.801. The summed E-state index contributed by atoms with van der Waals surface area (Å²) in [5, 5.41) is 2.52. The number of fused-ring (bicyclic) bond motifs is 1. The van der Waals surface area contributed by atoms with Gasteiger partial charge in [-0.25, -0.2) is 14.2 Å². The highest BCUT2D eigenvalue weighted by atomic mass is 79.9. The molecule has 0 unspecified atom stereocenters. The molecule has 0 saturated heterocycles. The van der Waals surface area contributed by atoms with Crippen molar-refractivity contribution < 1.29 is 9.18 Å². The van der Waals surface area contributed by atoms with E-state index < -0.39 is 6.03 Å². The van der Waals surface area contributed by atoms with Crippen LogP contribution in [-0.4, -0.2) is 28.0 Å². The average molecular weight is 364 g/mol. The maximum Gasteiger partial charge on any atom is 0.312 e. The maximum absolute atomic E-state index is 13.5. The van der Waals surface area contributed by atoms with Gasteiger partial charge in [0.25, 0.3) is 0 Å². The Labute approximate surface area is 128 Å². The summed E-state index contributed by atoms with van der Waals surface area (Å²) >= 11 is 8.91. The fraction of sp³-hybridized carbons (Fsp3) is 0.333. The molecule has 2 rings (SSSR count). The van der Waals surface area contributed by atoms with Crippen LogP contribution in [0.5, 0.6) is 0 Å². The van der Waals surface area contributed by atoms with Gasteiger partial charge in [0.1, 0.15) is 11.6 Å². The molecule has 0 aliphatic rings. The lowest BCUT2D eigenvalue weighted by Crippen LogP contribution is -2.32. The molecular formula is C12H13BrClFN4O. The number of aryl methyl sites for hydroxylation is 1. The molecule has 0 aliphatic carbocycles. The number of nitrogens with zero attached hydrogens (tertiary/aromatic N) is 2. The van der Waals surface area contributed by atoms with E-state index in [1.807, 2.05) is 4.57 Å². The van der Waals surface area contributed by atoms with Crippen LogP contribution >= 0.6 is 27.5 Å². The number of carbonyl (C=O) groups is 1. The number of halogens is 3. The predicted molar refractivity (Wildman–Crippen MR) is 79.4 cm³/mol. The third kappa shape index (κ3) is 3.21. The molecule has 1 aromatic heterocycles. The number of aromatic nitrogens is 2. The molecule has 0 aliphatic heterocycles. The lowest BCUT2D eigenvalue weighted by atomic mass is 10.3. The summed E-state index contributed by atoms with van der Waals surface area (Å²) in [5.41, 5.74) is 6.37. The summed E-state index contributed by atoms with van der Waals surface area (Å²) < 4.78 is 15.8. The number of urea groups is 1. The van der Waals surface area contributed by atoms with E-state index in [1.54, 1.807) is 6.07 Å². The summed E-state index contributed by atoms with van der Waals surface area (Å²) in [6, 6.07) is 2.45. The Kier molecular flexibility index (Phi) is 4.82. The minimum absolute atomic E-state index is 0.366. The molecule has 8 heteroatoms. The fourth-order valence-electron chi connectivity index (χ4n) is 1.99. The van der Waals surface area contributed by atoms with Crippen molar-refractivity contribution in [2.24, 2.45) is 5.73 Å². The third-order valence-corrected chi connectivity index (χ3v) is 3.62. The second-order valence-electron chi connectivity index (χ2n) is 4.16. The summed E-state index contributed by atoms with van der Waals surface area (Å²) in [6.07, 6.45) is 0.562. The lowest BCUT2D eigenvalue weighted by Gasteiger charge is -2.09. The first-order valence-electron chi connectivity index (χ1n) is 5.96. The largest absolute Gasteiger partial charge is 0.352 e. The van der Waals surface area contributed by atoms with Gasteiger partial charge in [0.05, 0.1) is 15.5 Å². The Hall–Kier alpha value is -1.34. The van der Waals surface area contributed by atoms with Gasteiger partial charge in [-0.1, -0.05) is 0 Å². The first kappa shape index (κ1) is 15.1. The van der Waals surface area contributed by atoms with Gasteiger partial charge in [-0.15, -0.1) is 11.6 Å². The number of rotatable bonds is 5. The standard InChI is InChI=1S/C12H13BrClFN4O/c13-7-5-10-9(6-8(7)15)18-11(1-2-14)19(10)4-3-17-12(16)20/h5-6H,1-4H2,(H3,16,17,20). The molecule has 108 valence electrons. The number of hydrogen-bond donors (Lipinski definition) is 2. The Morgan fingerprint density at radius 2 is 2.30 bits per heavy atom. The molecule has 5 nitrogen and oxygen atoms in total. The van der Waals surface area contributed by atoms with Crippen LogP contribution in [0.1, 0.15) is 5.82 Å². The van der Waals surface area contributed by atoms with Crippen LogP contribution in [0.25, 0.3) is 11.0 Å². The zero-order chi connectivity index (χ0) is 14.7. The van der Waals surface area contributed by atoms with Crippen molar-refractivity contribution in [3.63, 3.8) is 0 Å². The molecule has 1 heterocycles. The van der Waals surface area contributed by atoms with Gasteiger partial charge in [-0.3, -0.25) is 0 Å². The Morgan fingerprint density at radius 1 is 1.55 bits per heavy atom. The lowest BCUT2D eigenvalue weighted by molar-refractivity contribution is 0.248. The van der Waals surface area contributed by atoms with Gasteiger partial charge < -0.3 is 15.6 Å². The Morgan fingerprint density at radius 3 is 2.95 bits per heavy atom. The van der Waals surface area contributed by atoms with Gasteiger partial charge in [0.2, 0.25) is 0 Å². The molecule has 0 spiro atoms. The number of nitrogens with one attached hydrogen (secondary N) is 1. The minimum Gasteiger partial charge on any atom is -0.352 e. The monoisotopic (exact) mass is 362 g/mol. The summed E-state index contributed by atoms with van der Waals surface area (Å²) in [4.78, 5) is 15.1. The number of nitrogens with two attached hydrogens (primary N) is 1. The normalized spacial score (nSPS) is 10.9. The van der Waals surface area contributed by atoms with Crippen molar-refractivity contribution in [3.05, 3.63) is 28.2 Å². The molecule has 3 N–H and O–H groups in total. The highest BCUT2D eigenvalue weighted by Crippen LogP contribution is 2.24. The van der Waals surface area contributed by atoms with E-state index in [1.165, 1.54) is 6.07 Å². The molecule has 2 amide bonds. The number of benzene rings is 1. The molecular weight excluding hydrogens is 351 g/mol. The molecule has 2 aromatic rings. The fourth-order valence-corrected chi connectivity index (χ4v) is 2.49. The van der Waals surface area contributed by atoms with Crippen molar-refractivity contribution in [2.75, 3.05) is 12.4 Å². The number of amides is 2. The summed E-state index contributed by atoms with van der Waals surface area (Å²) in [5.74, 6) is 0.796. The number of alkyl halides is 1. The second kappa shape index (κ2) is 6.41. The van der Waals surface area contributed by atoms with Crippen LogP contribution in [-0.2, 0) is 13.0 Å². The van der Waals surface area contributed by atoms with Gasteiger partial charge in [-0.2, -0.15) is 0 Å². The molecule has 0 saturated carbocycles. The summed E-state index contributed by atoms with van der Waals surface area (Å²) in [7, 11) is 0. The molecule has 0 fully saturated rings. The van der Waals surface area contributed by atoms with E-state index in [4.69, 9.17) is 17.3 Å². The second-order valence-corrected chi connectivity index (χ2v) is 5.40. The van der Waals surface area contributed by atoms with Crippen molar-refractivity contribution in [3.8, 4) is 0 Å². The van der Waals surface area contributed by atoms with Crippen LogP contribution in [0, 0.1) is 5.82 Å². The van der Waals surface area contributed by atoms with E-state index in [0.717, 1.165) is 11.3 Å². The van der Waals surface area contributed by atoms with E-state index in [0.29, 0.717) is 35.4 Å². The van der Waals surface area contributed by atoms with Crippen LogP contribution in [0.3, 0.4) is 0 Å². The number of imidazole rings is 1.